The molecule has 6 rings (SSSR count). The van der Waals surface area contributed by atoms with Gasteiger partial charge in [-0.2, -0.15) is 0 Å². The van der Waals surface area contributed by atoms with Crippen molar-refractivity contribution in [3.63, 3.8) is 0 Å². The number of ether oxygens (including phenoxy) is 1. The van der Waals surface area contributed by atoms with Crippen molar-refractivity contribution in [1.82, 2.24) is 0 Å². The zero-order chi connectivity index (χ0) is 22.7. The molecule has 3 nitrogen and oxygen atoms in total. The third-order valence-electron chi connectivity index (χ3n) is 12.8. The Morgan fingerprint density at radius 1 is 0.938 bits per heavy atom. The van der Waals surface area contributed by atoms with Crippen LogP contribution in [0.25, 0.3) is 0 Å². The summed E-state index contributed by atoms with van der Waals surface area (Å²) in [5, 5.41) is 10.9. The number of hydrogen-bond acceptors (Lipinski definition) is 3. The summed E-state index contributed by atoms with van der Waals surface area (Å²) in [5.74, 6) is 3.96. The summed E-state index contributed by atoms with van der Waals surface area (Å²) < 4.78 is 6.65. The molecule has 0 aromatic rings. The van der Waals surface area contributed by atoms with Crippen LogP contribution < -0.4 is 0 Å². The van der Waals surface area contributed by atoms with Crippen molar-refractivity contribution in [3.8, 4) is 0 Å². The van der Waals surface area contributed by atoms with Crippen LogP contribution in [-0.2, 0) is 9.53 Å². The highest BCUT2D eigenvalue weighted by molar-refractivity contribution is 5.87. The summed E-state index contributed by atoms with van der Waals surface area (Å²) in [5.41, 5.74) is 1.50. The van der Waals surface area contributed by atoms with E-state index in [9.17, 15) is 9.90 Å². The molecule has 11 atom stereocenters. The van der Waals surface area contributed by atoms with Crippen LogP contribution >= 0.6 is 0 Å². The Hall–Kier alpha value is -0.670. The Bertz CT molecular complexity index is 845. The first-order valence-corrected chi connectivity index (χ1v) is 13.6. The molecule has 0 aromatic carbocycles. The number of ketones is 1. The SMILES string of the molecule is CC(=O)C=CC1CCC2C(CC3C4CCC5C(C)(C)C(O)CCC56C(C)C46CCC23C)O1. The number of rotatable bonds is 2. The first-order valence-electron chi connectivity index (χ1n) is 13.6. The van der Waals surface area contributed by atoms with E-state index in [1.165, 1.54) is 44.9 Å². The highest BCUT2D eigenvalue weighted by Gasteiger charge is 2.84. The van der Waals surface area contributed by atoms with E-state index in [1.807, 2.05) is 6.08 Å². The van der Waals surface area contributed by atoms with Crippen LogP contribution in [0.5, 0.6) is 0 Å². The van der Waals surface area contributed by atoms with Gasteiger partial charge in [-0.3, -0.25) is 4.79 Å². The molecule has 1 heterocycles. The van der Waals surface area contributed by atoms with Crippen molar-refractivity contribution < 1.29 is 14.6 Å². The van der Waals surface area contributed by atoms with E-state index in [2.05, 4.69) is 27.7 Å². The molecule has 0 aromatic heterocycles. The lowest BCUT2D eigenvalue weighted by Gasteiger charge is -2.59. The van der Waals surface area contributed by atoms with Crippen LogP contribution in [0, 0.1) is 51.2 Å². The molecule has 6 fully saturated rings. The number of fused-ring (bicyclic) bond motifs is 4. The number of carbonyl (C=O) groups is 1. The van der Waals surface area contributed by atoms with Gasteiger partial charge < -0.3 is 9.84 Å². The average molecular weight is 441 g/mol. The molecule has 6 aliphatic rings. The minimum absolute atomic E-state index is 0.0603. The largest absolute Gasteiger partial charge is 0.393 e. The summed E-state index contributed by atoms with van der Waals surface area (Å²) >= 11 is 0. The predicted molar refractivity (Wildman–Crippen MR) is 126 cm³/mol. The Labute approximate surface area is 194 Å². The fourth-order valence-electron chi connectivity index (χ4n) is 11.4. The molecule has 3 heteroatoms. The molecule has 1 saturated heterocycles. The van der Waals surface area contributed by atoms with E-state index >= 15 is 0 Å². The van der Waals surface area contributed by atoms with Crippen molar-refractivity contribution in [2.75, 3.05) is 0 Å². The van der Waals surface area contributed by atoms with Crippen LogP contribution in [0.15, 0.2) is 12.2 Å². The van der Waals surface area contributed by atoms with Gasteiger partial charge in [-0.1, -0.05) is 33.8 Å². The number of aliphatic hydroxyl groups excluding tert-OH is 1. The second-order valence-corrected chi connectivity index (χ2v) is 13.6. The molecule has 32 heavy (non-hydrogen) atoms. The molecule has 11 unspecified atom stereocenters. The lowest BCUT2D eigenvalue weighted by molar-refractivity contribution is -0.134. The third kappa shape index (κ3) is 2.43. The molecule has 2 spiro atoms. The predicted octanol–water partition coefficient (Wildman–Crippen LogP) is 5.95. The first-order chi connectivity index (χ1) is 15.1. The highest BCUT2D eigenvalue weighted by Crippen LogP contribution is 2.89. The van der Waals surface area contributed by atoms with Crippen LogP contribution in [-0.4, -0.2) is 29.2 Å². The van der Waals surface area contributed by atoms with E-state index in [-0.39, 0.29) is 23.4 Å². The van der Waals surface area contributed by atoms with Gasteiger partial charge >= 0.3 is 0 Å². The molecule has 1 aliphatic heterocycles. The summed E-state index contributed by atoms with van der Waals surface area (Å²) in [6.07, 6.45) is 15.4. The van der Waals surface area contributed by atoms with Crippen molar-refractivity contribution >= 4 is 5.78 Å². The number of aliphatic hydroxyl groups is 1. The number of allylic oxidation sites excluding steroid dienone is 1. The summed E-state index contributed by atoms with van der Waals surface area (Å²) in [6.45, 7) is 11.6. The zero-order valence-electron chi connectivity index (χ0n) is 20.9. The Morgan fingerprint density at radius 2 is 1.69 bits per heavy atom. The first kappa shape index (κ1) is 21.8. The van der Waals surface area contributed by atoms with Crippen LogP contribution in [0.1, 0.15) is 92.4 Å². The molecule has 5 saturated carbocycles. The zero-order valence-corrected chi connectivity index (χ0v) is 20.9. The standard InChI is InChI=1S/C29H44O3/c1-17(30)6-7-19-8-9-21-23(32-19)16-22-20-10-11-24-26(3,4)25(31)12-13-29(24)18(2)28(20,29)15-14-27(21,22)5/h6-7,18-25,31H,8-16H2,1-5H3. The fourth-order valence-corrected chi connectivity index (χ4v) is 11.4. The quantitative estimate of drug-likeness (QED) is 0.540. The van der Waals surface area contributed by atoms with Gasteiger partial charge in [0.2, 0.25) is 0 Å². The van der Waals surface area contributed by atoms with Gasteiger partial charge in [0.15, 0.2) is 5.78 Å². The molecule has 1 N–H and O–H groups in total. The maximum atomic E-state index is 11.4. The van der Waals surface area contributed by atoms with Gasteiger partial charge in [-0.05, 0) is 122 Å². The van der Waals surface area contributed by atoms with Crippen LogP contribution in [0.2, 0.25) is 0 Å². The van der Waals surface area contributed by atoms with Crippen molar-refractivity contribution in [1.29, 1.82) is 0 Å². The van der Waals surface area contributed by atoms with E-state index in [1.54, 1.807) is 13.0 Å². The summed E-state index contributed by atoms with van der Waals surface area (Å²) in [6, 6.07) is 0. The lowest BCUT2D eigenvalue weighted by atomic mass is 9.46. The molecule has 5 aliphatic carbocycles. The van der Waals surface area contributed by atoms with E-state index in [0.717, 1.165) is 30.6 Å². The monoisotopic (exact) mass is 440 g/mol. The van der Waals surface area contributed by atoms with Crippen molar-refractivity contribution in [2.24, 2.45) is 51.2 Å². The normalized spacial score (nSPS) is 57.7. The maximum Gasteiger partial charge on any atom is 0.152 e. The molecule has 178 valence electrons. The van der Waals surface area contributed by atoms with Gasteiger partial charge in [0, 0.05) is 0 Å². The van der Waals surface area contributed by atoms with E-state index in [0.29, 0.717) is 34.2 Å². The minimum Gasteiger partial charge on any atom is -0.393 e. The van der Waals surface area contributed by atoms with Gasteiger partial charge in [-0.25, -0.2) is 0 Å². The fraction of sp³-hybridized carbons (Fsp3) is 0.897. The van der Waals surface area contributed by atoms with Gasteiger partial charge in [-0.15, -0.1) is 0 Å². The second-order valence-electron chi connectivity index (χ2n) is 13.6. The molecular formula is C29H44O3. The van der Waals surface area contributed by atoms with E-state index in [4.69, 9.17) is 4.74 Å². The van der Waals surface area contributed by atoms with Gasteiger partial charge in [0.05, 0.1) is 18.3 Å². The van der Waals surface area contributed by atoms with Crippen LogP contribution in [0.4, 0.5) is 0 Å². The van der Waals surface area contributed by atoms with Gasteiger partial charge in [0.25, 0.3) is 0 Å². The Kier molecular flexibility index (Phi) is 4.58. The summed E-state index contributed by atoms with van der Waals surface area (Å²) in [4.78, 5) is 11.4. The molecule has 0 amide bonds. The minimum atomic E-state index is -0.129. The lowest BCUT2D eigenvalue weighted by Crippen LogP contribution is -2.54. The van der Waals surface area contributed by atoms with Crippen LogP contribution in [0.3, 0.4) is 0 Å². The maximum absolute atomic E-state index is 11.4. The van der Waals surface area contributed by atoms with Crippen molar-refractivity contribution in [3.05, 3.63) is 12.2 Å². The topological polar surface area (TPSA) is 46.5 Å². The van der Waals surface area contributed by atoms with Gasteiger partial charge in [0.1, 0.15) is 0 Å². The molecule has 0 bridgehead atoms. The summed E-state index contributed by atoms with van der Waals surface area (Å²) in [7, 11) is 0. The number of carbonyl (C=O) groups excluding carboxylic acids is 1. The highest BCUT2D eigenvalue weighted by atomic mass is 16.5. The third-order valence-corrected chi connectivity index (χ3v) is 12.8. The Balaban J connectivity index is 1.29. The van der Waals surface area contributed by atoms with E-state index < -0.39 is 0 Å². The Morgan fingerprint density at radius 3 is 2.44 bits per heavy atom. The molecular weight excluding hydrogens is 396 g/mol. The smallest absolute Gasteiger partial charge is 0.152 e. The molecule has 0 radical (unpaired) electrons. The number of hydrogen-bond donors (Lipinski definition) is 1. The van der Waals surface area contributed by atoms with Crippen molar-refractivity contribution in [2.45, 2.75) is 111 Å². The average Bonchev–Trinajstić information content (AvgIpc) is 3.13. The second kappa shape index (κ2) is 6.72.